The van der Waals surface area contributed by atoms with Gasteiger partial charge in [-0.15, -0.1) is 0 Å². The number of benzene rings is 1. The molecular formula is C14H11N3O. The summed E-state index contributed by atoms with van der Waals surface area (Å²) >= 11 is 0. The summed E-state index contributed by atoms with van der Waals surface area (Å²) in [5.74, 6) is 0.167. The third-order valence-corrected chi connectivity index (χ3v) is 2.48. The van der Waals surface area contributed by atoms with E-state index in [9.17, 15) is 5.11 Å². The van der Waals surface area contributed by atoms with Crippen LogP contribution in [-0.2, 0) is 0 Å². The fourth-order valence-corrected chi connectivity index (χ4v) is 1.68. The van der Waals surface area contributed by atoms with Gasteiger partial charge < -0.3 is 5.11 Å². The largest absolute Gasteiger partial charge is 0.512 e. The summed E-state index contributed by atoms with van der Waals surface area (Å²) in [6.45, 7) is 1.60. The Morgan fingerprint density at radius 3 is 2.44 bits per heavy atom. The van der Waals surface area contributed by atoms with Gasteiger partial charge in [-0.05, 0) is 24.6 Å². The van der Waals surface area contributed by atoms with Crippen molar-refractivity contribution in [2.45, 2.75) is 6.92 Å². The van der Waals surface area contributed by atoms with Crippen LogP contribution in [-0.4, -0.2) is 15.1 Å². The molecule has 0 bridgehead atoms. The highest BCUT2D eigenvalue weighted by Gasteiger charge is 2.10. The predicted molar refractivity (Wildman–Crippen MR) is 67.5 cm³/mol. The molecule has 1 aromatic carbocycles. The Kier molecular flexibility index (Phi) is 3.35. The number of hydrogen-bond acceptors (Lipinski definition) is 4. The van der Waals surface area contributed by atoms with Crippen molar-refractivity contribution in [1.29, 1.82) is 5.26 Å². The van der Waals surface area contributed by atoms with Crippen molar-refractivity contribution >= 4 is 5.57 Å². The van der Waals surface area contributed by atoms with Crippen molar-refractivity contribution in [2.24, 2.45) is 0 Å². The van der Waals surface area contributed by atoms with E-state index >= 15 is 0 Å². The second-order valence-electron chi connectivity index (χ2n) is 3.74. The minimum absolute atomic E-state index is 0.167. The molecule has 0 saturated carbocycles. The summed E-state index contributed by atoms with van der Waals surface area (Å²) in [4.78, 5) is 8.16. The van der Waals surface area contributed by atoms with Crippen LogP contribution in [0.15, 0.2) is 48.6 Å². The smallest absolute Gasteiger partial charge is 0.0992 e. The summed E-state index contributed by atoms with van der Waals surface area (Å²) in [5.41, 5.74) is 2.59. The lowest BCUT2D eigenvalue weighted by atomic mass is 10.0. The van der Waals surface area contributed by atoms with E-state index in [2.05, 4.69) is 16.0 Å². The van der Waals surface area contributed by atoms with Crippen molar-refractivity contribution < 1.29 is 5.11 Å². The number of nitrogens with zero attached hydrogens (tertiary/aromatic N) is 3. The van der Waals surface area contributed by atoms with Gasteiger partial charge in [0.2, 0.25) is 0 Å². The van der Waals surface area contributed by atoms with Crippen molar-refractivity contribution in [3.63, 3.8) is 0 Å². The second kappa shape index (κ2) is 5.11. The maximum atomic E-state index is 9.79. The summed E-state index contributed by atoms with van der Waals surface area (Å²) in [5, 5.41) is 18.6. The fraction of sp³-hybridized carbons (Fsp3) is 0.0714. The van der Waals surface area contributed by atoms with Gasteiger partial charge in [0.1, 0.15) is 0 Å². The summed E-state index contributed by atoms with van der Waals surface area (Å²) in [6.07, 6.45) is 4.74. The van der Waals surface area contributed by atoms with Crippen molar-refractivity contribution in [2.75, 3.05) is 0 Å². The molecule has 0 atom stereocenters. The van der Waals surface area contributed by atoms with Crippen LogP contribution in [0.25, 0.3) is 5.57 Å². The quantitative estimate of drug-likeness (QED) is 0.815. The number of hydrogen-bond donors (Lipinski definition) is 1. The molecule has 0 amide bonds. The van der Waals surface area contributed by atoms with E-state index in [1.807, 2.05) is 0 Å². The molecule has 0 aliphatic rings. The molecule has 2 rings (SSSR count). The molecule has 0 aliphatic heterocycles. The molecule has 0 saturated heterocycles. The van der Waals surface area contributed by atoms with Gasteiger partial charge in [0.05, 0.1) is 29.3 Å². The second-order valence-corrected chi connectivity index (χ2v) is 3.74. The van der Waals surface area contributed by atoms with Crippen LogP contribution in [0.2, 0.25) is 0 Å². The number of aromatic nitrogens is 2. The molecule has 1 N–H and O–H groups in total. The summed E-state index contributed by atoms with van der Waals surface area (Å²) in [7, 11) is 0. The molecule has 1 aromatic heterocycles. The topological polar surface area (TPSA) is 69.8 Å². The van der Waals surface area contributed by atoms with Crippen LogP contribution in [0, 0.1) is 11.3 Å². The van der Waals surface area contributed by atoms with E-state index in [4.69, 9.17) is 5.26 Å². The highest BCUT2D eigenvalue weighted by Crippen LogP contribution is 2.24. The van der Waals surface area contributed by atoms with Crippen molar-refractivity contribution in [1.82, 2.24) is 9.97 Å². The van der Waals surface area contributed by atoms with Crippen LogP contribution in [0.5, 0.6) is 0 Å². The average molecular weight is 237 g/mol. The number of allylic oxidation sites excluding steroid dienone is 1. The Bertz CT molecular complexity index is 606. The highest BCUT2D eigenvalue weighted by atomic mass is 16.3. The minimum Gasteiger partial charge on any atom is -0.512 e. The van der Waals surface area contributed by atoms with Crippen LogP contribution in [0.3, 0.4) is 0 Å². The fourth-order valence-electron chi connectivity index (χ4n) is 1.68. The highest BCUT2D eigenvalue weighted by molar-refractivity contribution is 5.78. The van der Waals surface area contributed by atoms with Gasteiger partial charge in [0, 0.05) is 18.0 Å². The van der Waals surface area contributed by atoms with Gasteiger partial charge in [0.25, 0.3) is 0 Å². The van der Waals surface area contributed by atoms with E-state index in [1.165, 1.54) is 0 Å². The third kappa shape index (κ3) is 2.36. The standard InChI is InChI=1S/C14H11N3O/c1-10(18)14(13-9-16-6-7-17-13)12-4-2-11(8-15)3-5-12/h2-7,9,18H,1H3/b14-10-. The average Bonchev–Trinajstić information content (AvgIpc) is 2.40. The molecule has 1 heterocycles. The lowest BCUT2D eigenvalue weighted by Crippen LogP contribution is -1.95. The van der Waals surface area contributed by atoms with Crippen molar-refractivity contribution in [3.8, 4) is 6.07 Å². The van der Waals surface area contributed by atoms with Crippen LogP contribution >= 0.6 is 0 Å². The van der Waals surface area contributed by atoms with E-state index in [0.29, 0.717) is 16.8 Å². The monoisotopic (exact) mass is 237 g/mol. The lowest BCUT2D eigenvalue weighted by Gasteiger charge is -2.08. The molecule has 0 spiro atoms. The summed E-state index contributed by atoms with van der Waals surface area (Å²) < 4.78 is 0. The van der Waals surface area contributed by atoms with Gasteiger partial charge in [-0.25, -0.2) is 0 Å². The number of aliphatic hydroxyl groups is 1. The SMILES string of the molecule is C/C(O)=C(\c1ccc(C#N)cc1)c1cnccn1. The zero-order valence-electron chi connectivity index (χ0n) is 9.83. The first kappa shape index (κ1) is 11.8. The van der Waals surface area contributed by atoms with Crippen LogP contribution in [0.4, 0.5) is 0 Å². The Hall–Kier alpha value is -2.67. The first-order valence-electron chi connectivity index (χ1n) is 5.39. The molecular weight excluding hydrogens is 226 g/mol. The molecule has 88 valence electrons. The zero-order valence-corrected chi connectivity index (χ0v) is 9.83. The maximum absolute atomic E-state index is 9.79. The molecule has 0 fully saturated rings. The minimum atomic E-state index is 0.167. The number of aliphatic hydroxyl groups excluding tert-OH is 1. The van der Waals surface area contributed by atoms with Crippen LogP contribution < -0.4 is 0 Å². The maximum Gasteiger partial charge on any atom is 0.0992 e. The first-order chi connectivity index (χ1) is 8.72. The molecule has 4 heteroatoms. The molecule has 2 aromatic rings. The Labute approximate surface area is 105 Å². The number of nitriles is 1. The van der Waals surface area contributed by atoms with Crippen LogP contribution in [0.1, 0.15) is 23.7 Å². The lowest BCUT2D eigenvalue weighted by molar-refractivity contribution is 0.417. The van der Waals surface area contributed by atoms with E-state index in [0.717, 1.165) is 5.56 Å². The predicted octanol–water partition coefficient (Wildman–Crippen LogP) is 2.69. The molecule has 4 nitrogen and oxygen atoms in total. The Balaban J connectivity index is 2.51. The number of rotatable bonds is 2. The van der Waals surface area contributed by atoms with E-state index < -0.39 is 0 Å². The van der Waals surface area contributed by atoms with Crippen molar-refractivity contribution in [3.05, 3.63) is 65.4 Å². The van der Waals surface area contributed by atoms with Gasteiger partial charge in [-0.2, -0.15) is 5.26 Å². The molecule has 0 unspecified atom stereocenters. The normalized spacial score (nSPS) is 11.6. The summed E-state index contributed by atoms with van der Waals surface area (Å²) in [6, 6.07) is 9.02. The molecule has 18 heavy (non-hydrogen) atoms. The van der Waals surface area contributed by atoms with Gasteiger partial charge in [0.15, 0.2) is 0 Å². The van der Waals surface area contributed by atoms with Gasteiger partial charge >= 0.3 is 0 Å². The zero-order chi connectivity index (χ0) is 13.0. The van der Waals surface area contributed by atoms with E-state index in [1.54, 1.807) is 49.8 Å². The van der Waals surface area contributed by atoms with Gasteiger partial charge in [-0.1, -0.05) is 12.1 Å². The Morgan fingerprint density at radius 2 is 1.94 bits per heavy atom. The molecule has 0 radical (unpaired) electrons. The first-order valence-corrected chi connectivity index (χ1v) is 5.39. The van der Waals surface area contributed by atoms with E-state index in [-0.39, 0.29) is 5.76 Å². The Morgan fingerprint density at radius 1 is 1.22 bits per heavy atom. The van der Waals surface area contributed by atoms with Gasteiger partial charge in [-0.3, -0.25) is 9.97 Å². The molecule has 0 aliphatic carbocycles. The third-order valence-electron chi connectivity index (χ3n) is 2.48.